The molecule has 1 saturated carbocycles. The first-order valence-corrected chi connectivity index (χ1v) is 13.7. The Morgan fingerprint density at radius 1 is 1.10 bits per heavy atom. The molecule has 0 unspecified atom stereocenters. The van der Waals surface area contributed by atoms with Gasteiger partial charge in [0.1, 0.15) is 0 Å². The monoisotopic (exact) mass is 555 g/mol. The van der Waals surface area contributed by atoms with Crippen LogP contribution in [0.25, 0.3) is 10.9 Å². The number of aliphatic hydroxyl groups is 1. The normalized spacial score (nSPS) is 14.6. The third-order valence-corrected chi connectivity index (χ3v) is 8.18. The van der Waals surface area contributed by atoms with Crippen molar-refractivity contribution < 1.29 is 27.9 Å². The van der Waals surface area contributed by atoms with E-state index in [1.54, 1.807) is 36.2 Å². The van der Waals surface area contributed by atoms with Gasteiger partial charge in [-0.3, -0.25) is 19.1 Å². The van der Waals surface area contributed by atoms with Crippen molar-refractivity contribution in [1.82, 2.24) is 9.55 Å². The summed E-state index contributed by atoms with van der Waals surface area (Å²) in [6.45, 7) is 1.52. The number of nitrogens with zero attached hydrogens (tertiary/aromatic N) is 3. The van der Waals surface area contributed by atoms with E-state index in [2.05, 4.69) is 4.98 Å². The lowest BCUT2D eigenvalue weighted by molar-refractivity contribution is -0.137. The van der Waals surface area contributed by atoms with Gasteiger partial charge < -0.3 is 5.11 Å². The first-order chi connectivity index (χ1) is 18.7. The molecule has 4 aromatic rings. The number of halogens is 3. The van der Waals surface area contributed by atoms with E-state index >= 15 is 0 Å². The average molecular weight is 556 g/mol. The van der Waals surface area contributed by atoms with E-state index < -0.39 is 17.6 Å². The van der Waals surface area contributed by atoms with Crippen LogP contribution in [-0.4, -0.2) is 32.5 Å². The van der Waals surface area contributed by atoms with Gasteiger partial charge in [-0.15, -0.1) is 11.3 Å². The number of aliphatic hydroxyl groups excluding tert-OH is 1. The lowest BCUT2D eigenvalue weighted by Crippen LogP contribution is -2.42. The van der Waals surface area contributed by atoms with Gasteiger partial charge in [0, 0.05) is 34.3 Å². The van der Waals surface area contributed by atoms with E-state index in [1.165, 1.54) is 15.9 Å². The highest BCUT2D eigenvalue weighted by atomic mass is 32.1. The van der Waals surface area contributed by atoms with Crippen LogP contribution in [0.1, 0.15) is 64.8 Å². The number of hydrogen-bond acceptors (Lipinski definition) is 5. The highest BCUT2D eigenvalue weighted by molar-refractivity contribution is 7.13. The largest absolute Gasteiger partial charge is 0.416 e. The predicted octanol–water partition coefficient (Wildman–Crippen LogP) is 6.51. The molecule has 10 heteroatoms. The molecule has 5 rings (SSSR count). The van der Waals surface area contributed by atoms with Gasteiger partial charge >= 0.3 is 6.18 Å². The summed E-state index contributed by atoms with van der Waals surface area (Å²) in [5.41, 5.74) is 1.58. The van der Waals surface area contributed by atoms with E-state index in [1.807, 2.05) is 5.38 Å². The second-order valence-corrected chi connectivity index (χ2v) is 10.7. The summed E-state index contributed by atoms with van der Waals surface area (Å²) in [6.07, 6.45) is 2.20. The number of benzene rings is 2. The highest BCUT2D eigenvalue weighted by Crippen LogP contribution is 2.34. The molecule has 1 aliphatic rings. The smallest absolute Gasteiger partial charge is 0.392 e. The summed E-state index contributed by atoms with van der Waals surface area (Å²) >= 11 is 1.41. The quantitative estimate of drug-likeness (QED) is 0.294. The molecule has 2 heterocycles. The molecule has 0 bridgehead atoms. The number of carbonyl (C=O) groups excluding carboxylic acids is 2. The van der Waals surface area contributed by atoms with Crippen LogP contribution in [-0.2, 0) is 24.0 Å². The summed E-state index contributed by atoms with van der Waals surface area (Å²) in [6, 6.07) is 9.30. The highest BCUT2D eigenvalue weighted by Gasteiger charge is 2.32. The van der Waals surface area contributed by atoms with Crippen molar-refractivity contribution in [3.8, 4) is 0 Å². The summed E-state index contributed by atoms with van der Waals surface area (Å²) in [4.78, 5) is 33.7. The van der Waals surface area contributed by atoms with Crippen LogP contribution in [0.15, 0.2) is 54.0 Å². The van der Waals surface area contributed by atoms with Crippen molar-refractivity contribution in [2.24, 2.45) is 0 Å². The lowest BCUT2D eigenvalue weighted by atomic mass is 9.94. The Morgan fingerprint density at radius 3 is 2.44 bits per heavy atom. The van der Waals surface area contributed by atoms with E-state index in [0.717, 1.165) is 56.4 Å². The van der Waals surface area contributed by atoms with Crippen LogP contribution in [0.2, 0.25) is 0 Å². The topological polar surface area (TPSA) is 75.4 Å². The fourth-order valence-electron chi connectivity index (χ4n) is 5.42. The molecule has 39 heavy (non-hydrogen) atoms. The van der Waals surface area contributed by atoms with E-state index in [9.17, 15) is 27.9 Å². The van der Waals surface area contributed by atoms with Crippen LogP contribution < -0.4 is 4.90 Å². The Labute approximate surface area is 227 Å². The number of alkyl halides is 3. The van der Waals surface area contributed by atoms with Crippen molar-refractivity contribution in [1.29, 1.82) is 0 Å². The molecule has 1 fully saturated rings. The minimum atomic E-state index is -4.51. The fraction of sp³-hybridized carbons (Fsp3) is 0.345. The van der Waals surface area contributed by atoms with Crippen LogP contribution in [0.3, 0.4) is 0 Å². The van der Waals surface area contributed by atoms with Crippen LogP contribution in [0.5, 0.6) is 0 Å². The third-order valence-electron chi connectivity index (χ3n) is 7.41. The summed E-state index contributed by atoms with van der Waals surface area (Å²) in [7, 11) is 0. The van der Waals surface area contributed by atoms with Crippen LogP contribution in [0, 0.1) is 6.92 Å². The maximum atomic E-state index is 13.9. The second-order valence-electron chi connectivity index (χ2n) is 9.84. The number of fused-ring (bicyclic) bond motifs is 1. The van der Waals surface area contributed by atoms with Crippen LogP contribution >= 0.6 is 11.3 Å². The molecule has 0 aliphatic heterocycles. The Kier molecular flexibility index (Phi) is 7.59. The van der Waals surface area contributed by atoms with Crippen molar-refractivity contribution in [2.45, 2.75) is 64.3 Å². The number of rotatable bonds is 6. The predicted molar refractivity (Wildman–Crippen MR) is 144 cm³/mol. The fourth-order valence-corrected chi connectivity index (χ4v) is 6.15. The van der Waals surface area contributed by atoms with Gasteiger partial charge in [-0.1, -0.05) is 25.3 Å². The molecule has 0 atom stereocenters. The summed E-state index contributed by atoms with van der Waals surface area (Å²) in [5.74, 6) is -0.624. The van der Waals surface area contributed by atoms with Crippen molar-refractivity contribution in [2.75, 3.05) is 4.90 Å². The molecular weight excluding hydrogens is 527 g/mol. The van der Waals surface area contributed by atoms with E-state index in [4.69, 9.17) is 0 Å². The molecule has 204 valence electrons. The first-order valence-electron chi connectivity index (χ1n) is 12.9. The minimum absolute atomic E-state index is 0.0145. The molecule has 6 nitrogen and oxygen atoms in total. The van der Waals surface area contributed by atoms with Gasteiger partial charge in [0.25, 0.3) is 5.91 Å². The second kappa shape index (κ2) is 10.9. The van der Waals surface area contributed by atoms with Crippen molar-refractivity contribution >= 4 is 39.2 Å². The molecule has 2 aromatic carbocycles. The average Bonchev–Trinajstić information content (AvgIpc) is 3.55. The summed E-state index contributed by atoms with van der Waals surface area (Å²) in [5, 5.41) is 12.9. The zero-order valence-corrected chi connectivity index (χ0v) is 22.2. The Balaban J connectivity index is 1.56. The van der Waals surface area contributed by atoms with Gasteiger partial charge in [0.15, 0.2) is 5.13 Å². The number of aromatic nitrogens is 2. The molecule has 1 amide bonds. The van der Waals surface area contributed by atoms with E-state index in [0.29, 0.717) is 32.9 Å². The van der Waals surface area contributed by atoms with Gasteiger partial charge in [-0.25, -0.2) is 4.98 Å². The molecule has 0 radical (unpaired) electrons. The number of carbonyl (C=O) groups is 2. The molecule has 1 aliphatic carbocycles. The number of thiazole rings is 1. The maximum absolute atomic E-state index is 13.9. The van der Waals surface area contributed by atoms with Gasteiger partial charge in [-0.05, 0) is 67.3 Å². The van der Waals surface area contributed by atoms with Crippen molar-refractivity contribution in [3.05, 3.63) is 82.0 Å². The minimum Gasteiger partial charge on any atom is -0.392 e. The Hall–Kier alpha value is -3.50. The van der Waals surface area contributed by atoms with Gasteiger partial charge in [0.05, 0.1) is 24.1 Å². The molecule has 0 spiro atoms. The zero-order valence-electron chi connectivity index (χ0n) is 21.4. The number of hydrogen-bond donors (Lipinski definition) is 1. The molecular formula is C29H28F3N3O3S. The third kappa shape index (κ3) is 5.35. The van der Waals surface area contributed by atoms with Gasteiger partial charge in [-0.2, -0.15) is 13.2 Å². The van der Waals surface area contributed by atoms with E-state index in [-0.39, 0.29) is 30.5 Å². The standard InChI is InChI=1S/C29H28F3N3O3S/c1-18-23(16-26(37)35(28-33-13-14-39-28)22-5-3-2-4-6-22)24-15-19(17-36)7-12-25(24)34(18)27(38)20-8-10-21(11-9-20)29(30,31)32/h7-15,22,36H,2-6,16-17H2,1H3. The van der Waals surface area contributed by atoms with Crippen molar-refractivity contribution in [3.63, 3.8) is 0 Å². The maximum Gasteiger partial charge on any atom is 0.416 e. The number of amides is 1. The van der Waals surface area contributed by atoms with Crippen LogP contribution in [0.4, 0.5) is 18.3 Å². The molecule has 1 N–H and O–H groups in total. The zero-order chi connectivity index (χ0) is 27.7. The Bertz CT molecular complexity index is 1490. The molecule has 2 aromatic heterocycles. The SMILES string of the molecule is Cc1c(CC(=O)N(c2nccs2)C2CCCCC2)c2cc(CO)ccc2n1C(=O)c1ccc(C(F)(F)F)cc1. The number of anilines is 1. The summed E-state index contributed by atoms with van der Waals surface area (Å²) < 4.78 is 40.6. The lowest BCUT2D eigenvalue weighted by Gasteiger charge is -2.32. The first kappa shape index (κ1) is 27.1. The van der Waals surface area contributed by atoms with Gasteiger partial charge in [0.2, 0.25) is 5.91 Å². The molecule has 0 saturated heterocycles. The Morgan fingerprint density at radius 2 is 1.82 bits per heavy atom.